The van der Waals surface area contributed by atoms with E-state index in [2.05, 4.69) is 0 Å². The Balaban J connectivity index is 1.98. The highest BCUT2D eigenvalue weighted by Gasteiger charge is 2.40. The quantitative estimate of drug-likeness (QED) is 0.619. The number of rotatable bonds is 4. The van der Waals surface area contributed by atoms with E-state index in [1.165, 1.54) is 18.2 Å². The molecule has 0 radical (unpaired) electrons. The van der Waals surface area contributed by atoms with E-state index in [-0.39, 0.29) is 44.4 Å². The molecule has 1 aromatic carbocycles. The van der Waals surface area contributed by atoms with Crippen molar-refractivity contribution in [3.05, 3.63) is 51.4 Å². The van der Waals surface area contributed by atoms with Gasteiger partial charge in [0.25, 0.3) is 0 Å². The first kappa shape index (κ1) is 22.5. The molecule has 10 heteroatoms. The maximum absolute atomic E-state index is 13.1. The molecule has 2 aromatic rings. The minimum atomic E-state index is -4.61. The van der Waals surface area contributed by atoms with Crippen LogP contribution in [0.2, 0.25) is 0 Å². The molecule has 0 bridgehead atoms. The molecule has 1 aliphatic rings. The number of alkyl halides is 3. The van der Waals surface area contributed by atoms with E-state index in [9.17, 15) is 31.2 Å². The van der Waals surface area contributed by atoms with Crippen LogP contribution in [0.3, 0.4) is 0 Å². The molecule has 0 saturated heterocycles. The van der Waals surface area contributed by atoms with Gasteiger partial charge in [0.2, 0.25) is 0 Å². The van der Waals surface area contributed by atoms with Crippen molar-refractivity contribution in [2.24, 2.45) is 5.41 Å². The topological polar surface area (TPSA) is 77.5 Å². The summed E-state index contributed by atoms with van der Waals surface area (Å²) in [5.41, 5.74) is -1.33. The van der Waals surface area contributed by atoms with Crippen molar-refractivity contribution in [2.45, 2.75) is 43.7 Å². The van der Waals surface area contributed by atoms with Crippen molar-refractivity contribution in [3.63, 3.8) is 0 Å². The number of Topliss-reactive ketones (excluding diaryl/α,β-unsaturated/α-hetero) is 1. The van der Waals surface area contributed by atoms with Gasteiger partial charge in [0.05, 0.1) is 11.1 Å². The van der Waals surface area contributed by atoms with Crippen molar-refractivity contribution >= 4 is 32.9 Å². The molecule has 0 fully saturated rings. The fourth-order valence-electron chi connectivity index (χ4n) is 3.51. The molecule has 0 amide bonds. The molecular formula is C20H19F3O5S2. The van der Waals surface area contributed by atoms with Crippen LogP contribution in [0.15, 0.2) is 28.5 Å². The zero-order valence-electron chi connectivity index (χ0n) is 16.4. The highest BCUT2D eigenvalue weighted by molar-refractivity contribution is 7.92. The van der Waals surface area contributed by atoms with Gasteiger partial charge in [-0.3, -0.25) is 4.79 Å². The van der Waals surface area contributed by atoms with Gasteiger partial charge < -0.3 is 4.74 Å². The Bertz CT molecular complexity index is 1130. The largest absolute Gasteiger partial charge is 0.457 e. The SMILES string of the molecule is CC1(C)CC(=O)c2c(S(C)(=O)=O)sc(C(=O)OCc3ccccc3C(F)(F)F)c2C1. The molecule has 1 aliphatic carbocycles. The molecule has 0 N–H and O–H groups in total. The normalized spacial score (nSPS) is 16.3. The maximum Gasteiger partial charge on any atom is 0.416 e. The second-order valence-corrected chi connectivity index (χ2v) is 11.2. The molecule has 162 valence electrons. The van der Waals surface area contributed by atoms with Gasteiger partial charge >= 0.3 is 12.1 Å². The lowest BCUT2D eigenvalue weighted by molar-refractivity contribution is -0.138. The van der Waals surface area contributed by atoms with Crippen LogP contribution in [0, 0.1) is 5.41 Å². The van der Waals surface area contributed by atoms with E-state index < -0.39 is 39.6 Å². The summed E-state index contributed by atoms with van der Waals surface area (Å²) in [7, 11) is -3.78. The van der Waals surface area contributed by atoms with Crippen LogP contribution in [0.25, 0.3) is 0 Å². The third kappa shape index (κ3) is 4.44. The van der Waals surface area contributed by atoms with Crippen molar-refractivity contribution in [1.82, 2.24) is 0 Å². The van der Waals surface area contributed by atoms with Crippen LogP contribution in [0.5, 0.6) is 0 Å². The lowest BCUT2D eigenvalue weighted by Crippen LogP contribution is -2.28. The maximum atomic E-state index is 13.1. The second kappa shape index (κ2) is 7.49. The Labute approximate surface area is 175 Å². The second-order valence-electron chi connectivity index (χ2n) is 8.02. The van der Waals surface area contributed by atoms with E-state index >= 15 is 0 Å². The lowest BCUT2D eigenvalue weighted by Gasteiger charge is -2.29. The molecule has 5 nitrogen and oxygen atoms in total. The van der Waals surface area contributed by atoms with Crippen LogP contribution < -0.4 is 0 Å². The Hall–Kier alpha value is -2.20. The van der Waals surface area contributed by atoms with Gasteiger partial charge in [-0.2, -0.15) is 13.2 Å². The first-order valence-electron chi connectivity index (χ1n) is 8.92. The smallest absolute Gasteiger partial charge is 0.416 e. The van der Waals surface area contributed by atoms with E-state index in [0.29, 0.717) is 11.3 Å². The molecular weight excluding hydrogens is 441 g/mol. The van der Waals surface area contributed by atoms with Gasteiger partial charge in [0.1, 0.15) is 15.7 Å². The average molecular weight is 460 g/mol. The molecule has 0 unspecified atom stereocenters. The standard InChI is InChI=1S/C20H19F3O5S2/c1-19(2)8-12-15(14(24)9-19)18(30(3,26)27)29-16(12)17(25)28-10-11-6-4-5-7-13(11)20(21,22)23/h4-7H,8-10H2,1-3H3. The Kier molecular flexibility index (Phi) is 5.61. The van der Waals surface area contributed by atoms with Crippen LogP contribution in [0.4, 0.5) is 13.2 Å². The number of carbonyl (C=O) groups is 2. The lowest BCUT2D eigenvalue weighted by atomic mass is 9.74. The minimum absolute atomic E-state index is 0.00414. The third-order valence-corrected chi connectivity index (χ3v) is 7.79. The van der Waals surface area contributed by atoms with Crippen molar-refractivity contribution in [3.8, 4) is 0 Å². The van der Waals surface area contributed by atoms with Crippen molar-refractivity contribution in [2.75, 3.05) is 6.26 Å². The zero-order valence-corrected chi connectivity index (χ0v) is 18.1. The van der Waals surface area contributed by atoms with Gasteiger partial charge in [0.15, 0.2) is 15.6 Å². The highest BCUT2D eigenvalue weighted by Crippen LogP contribution is 2.43. The molecule has 1 heterocycles. The third-order valence-electron chi connectivity index (χ3n) is 4.75. The number of fused-ring (bicyclic) bond motifs is 1. The summed E-state index contributed by atoms with van der Waals surface area (Å²) in [5, 5.41) is 0. The molecule has 3 rings (SSSR count). The fraction of sp³-hybridized carbons (Fsp3) is 0.400. The summed E-state index contributed by atoms with van der Waals surface area (Å²) in [6.07, 6.45) is -3.25. The van der Waals surface area contributed by atoms with Gasteiger partial charge in [0, 0.05) is 18.2 Å². The summed E-state index contributed by atoms with van der Waals surface area (Å²) >= 11 is 0.634. The summed E-state index contributed by atoms with van der Waals surface area (Å²) in [5.74, 6) is -1.33. The summed E-state index contributed by atoms with van der Waals surface area (Å²) in [4.78, 5) is 25.3. The number of carbonyl (C=O) groups excluding carboxylic acids is 2. The highest BCUT2D eigenvalue weighted by atomic mass is 32.2. The summed E-state index contributed by atoms with van der Waals surface area (Å²) in [6, 6.07) is 4.72. The Morgan fingerprint density at radius 3 is 2.43 bits per heavy atom. The molecule has 0 aliphatic heterocycles. The van der Waals surface area contributed by atoms with Crippen molar-refractivity contribution in [1.29, 1.82) is 0 Å². The number of sulfone groups is 1. The van der Waals surface area contributed by atoms with Gasteiger partial charge in [-0.1, -0.05) is 32.0 Å². The number of halogens is 3. The van der Waals surface area contributed by atoms with Crippen LogP contribution in [-0.2, 0) is 33.8 Å². The summed E-state index contributed by atoms with van der Waals surface area (Å²) < 4.78 is 68.7. The number of esters is 1. The monoisotopic (exact) mass is 460 g/mol. The average Bonchev–Trinajstić information content (AvgIpc) is 2.98. The molecule has 0 saturated carbocycles. The molecule has 0 atom stereocenters. The van der Waals surface area contributed by atoms with Crippen LogP contribution >= 0.6 is 11.3 Å². The van der Waals surface area contributed by atoms with Gasteiger partial charge in [-0.25, -0.2) is 13.2 Å². The van der Waals surface area contributed by atoms with Gasteiger partial charge in [-0.15, -0.1) is 11.3 Å². The number of thiophene rings is 1. The number of hydrogen-bond donors (Lipinski definition) is 0. The van der Waals surface area contributed by atoms with E-state index in [1.807, 2.05) is 13.8 Å². The van der Waals surface area contributed by atoms with E-state index in [1.54, 1.807) is 0 Å². The minimum Gasteiger partial charge on any atom is -0.457 e. The van der Waals surface area contributed by atoms with Crippen LogP contribution in [0.1, 0.15) is 57.0 Å². The number of hydrogen-bond acceptors (Lipinski definition) is 6. The van der Waals surface area contributed by atoms with Crippen LogP contribution in [-0.4, -0.2) is 26.4 Å². The fourth-order valence-corrected chi connectivity index (χ4v) is 5.94. The van der Waals surface area contributed by atoms with Crippen molar-refractivity contribution < 1.29 is 35.9 Å². The molecule has 0 spiro atoms. The van der Waals surface area contributed by atoms with Gasteiger partial charge in [-0.05, 0) is 23.5 Å². The molecule has 30 heavy (non-hydrogen) atoms. The first-order chi connectivity index (χ1) is 13.7. The summed E-state index contributed by atoms with van der Waals surface area (Å²) in [6.45, 7) is 3.01. The predicted molar refractivity (Wildman–Crippen MR) is 104 cm³/mol. The van der Waals surface area contributed by atoms with E-state index in [0.717, 1.165) is 12.3 Å². The predicted octanol–water partition coefficient (Wildman–Crippen LogP) is 4.68. The van der Waals surface area contributed by atoms with E-state index in [4.69, 9.17) is 4.74 Å². The first-order valence-corrected chi connectivity index (χ1v) is 11.6. The Morgan fingerprint density at radius 2 is 1.83 bits per heavy atom. The number of ether oxygens (including phenoxy) is 1. The molecule has 1 aromatic heterocycles. The zero-order chi connectivity index (χ0) is 22.5. The number of benzene rings is 1. The number of ketones is 1. The Morgan fingerprint density at radius 1 is 1.20 bits per heavy atom.